The maximum atomic E-state index is 5.81. The first-order valence-electron chi connectivity index (χ1n) is 3.02. The molecule has 0 saturated heterocycles. The molecule has 1 aromatic heterocycles. The summed E-state index contributed by atoms with van der Waals surface area (Å²) < 4.78 is 2.19. The molecule has 0 saturated carbocycles. The SMILES string of the molecule is Clc1ccc2[c]c(Br)sc2c1. The van der Waals surface area contributed by atoms with Crippen LogP contribution in [-0.4, -0.2) is 0 Å². The van der Waals surface area contributed by atoms with Crippen molar-refractivity contribution in [1.82, 2.24) is 0 Å². The van der Waals surface area contributed by atoms with Crippen molar-refractivity contribution in [2.75, 3.05) is 0 Å². The normalized spacial score (nSPS) is 10.7. The van der Waals surface area contributed by atoms with Crippen molar-refractivity contribution in [3.05, 3.63) is 33.1 Å². The van der Waals surface area contributed by atoms with Crippen LogP contribution in [0.1, 0.15) is 0 Å². The van der Waals surface area contributed by atoms with E-state index in [2.05, 4.69) is 22.0 Å². The van der Waals surface area contributed by atoms with E-state index >= 15 is 0 Å². The number of hydrogen-bond acceptors (Lipinski definition) is 1. The van der Waals surface area contributed by atoms with Gasteiger partial charge in [0.2, 0.25) is 0 Å². The Morgan fingerprint density at radius 2 is 2.27 bits per heavy atom. The maximum Gasteiger partial charge on any atom is 0.0790 e. The van der Waals surface area contributed by atoms with Gasteiger partial charge in [-0.2, -0.15) is 0 Å². The fourth-order valence-electron chi connectivity index (χ4n) is 0.912. The lowest BCUT2D eigenvalue weighted by Crippen LogP contribution is -1.61. The van der Waals surface area contributed by atoms with Crippen LogP contribution in [0.3, 0.4) is 0 Å². The third-order valence-electron chi connectivity index (χ3n) is 1.38. The van der Waals surface area contributed by atoms with E-state index in [-0.39, 0.29) is 0 Å². The molecule has 0 aliphatic carbocycles. The molecule has 1 aromatic carbocycles. The molecule has 0 spiro atoms. The van der Waals surface area contributed by atoms with Gasteiger partial charge in [-0.3, -0.25) is 0 Å². The van der Waals surface area contributed by atoms with Gasteiger partial charge in [0.15, 0.2) is 0 Å². The molecule has 0 aliphatic heterocycles. The van der Waals surface area contributed by atoms with Crippen LogP contribution in [-0.2, 0) is 0 Å². The Hall–Kier alpha value is -0.0500. The highest BCUT2D eigenvalue weighted by Gasteiger charge is 1.99. The van der Waals surface area contributed by atoms with Crippen molar-refractivity contribution in [3.8, 4) is 0 Å². The number of benzene rings is 1. The molecule has 0 bridgehead atoms. The third kappa shape index (κ3) is 1.43. The van der Waals surface area contributed by atoms with Crippen LogP contribution in [0.25, 0.3) is 10.1 Å². The zero-order valence-corrected chi connectivity index (χ0v) is 8.55. The monoisotopic (exact) mass is 245 g/mol. The Bertz CT molecular complexity index is 394. The van der Waals surface area contributed by atoms with Gasteiger partial charge in [-0.15, -0.1) is 11.3 Å². The molecule has 0 N–H and O–H groups in total. The molecule has 11 heavy (non-hydrogen) atoms. The van der Waals surface area contributed by atoms with Gasteiger partial charge in [-0.1, -0.05) is 17.7 Å². The molecular formula is C8H3BrClS. The minimum absolute atomic E-state index is 0.778. The summed E-state index contributed by atoms with van der Waals surface area (Å²) in [6, 6.07) is 8.96. The zero-order chi connectivity index (χ0) is 7.84. The molecule has 1 heterocycles. The molecule has 0 atom stereocenters. The second-order valence-corrected chi connectivity index (χ2v) is 4.95. The van der Waals surface area contributed by atoms with Gasteiger partial charge >= 0.3 is 0 Å². The van der Waals surface area contributed by atoms with E-state index in [4.69, 9.17) is 11.6 Å². The highest BCUT2D eigenvalue weighted by Crippen LogP contribution is 2.30. The van der Waals surface area contributed by atoms with Crippen molar-refractivity contribution < 1.29 is 0 Å². The van der Waals surface area contributed by atoms with E-state index < -0.39 is 0 Å². The highest BCUT2D eigenvalue weighted by atomic mass is 79.9. The standard InChI is InChI=1S/C8H3BrClS/c9-8-3-5-1-2-6(10)4-7(5)11-8/h1-2,4H. The van der Waals surface area contributed by atoms with Crippen LogP contribution in [0.2, 0.25) is 5.02 Å². The van der Waals surface area contributed by atoms with E-state index in [0.717, 1.165) is 14.2 Å². The Labute approximate surface area is 81.9 Å². The van der Waals surface area contributed by atoms with Crippen LogP contribution >= 0.6 is 38.9 Å². The average molecular weight is 247 g/mol. The number of rotatable bonds is 0. The van der Waals surface area contributed by atoms with Crippen LogP contribution in [0.5, 0.6) is 0 Å². The largest absolute Gasteiger partial charge is 0.127 e. The van der Waals surface area contributed by atoms with Gasteiger partial charge < -0.3 is 0 Å². The van der Waals surface area contributed by atoms with Gasteiger partial charge in [-0.25, -0.2) is 0 Å². The number of thiophene rings is 1. The molecular weight excluding hydrogens is 244 g/mol. The first-order chi connectivity index (χ1) is 5.25. The van der Waals surface area contributed by atoms with Crippen molar-refractivity contribution in [1.29, 1.82) is 0 Å². The quantitative estimate of drug-likeness (QED) is 0.656. The van der Waals surface area contributed by atoms with Gasteiger partial charge in [0.05, 0.1) is 3.79 Å². The minimum atomic E-state index is 0.778. The predicted molar refractivity (Wildman–Crippen MR) is 53.4 cm³/mol. The number of halogens is 2. The van der Waals surface area contributed by atoms with E-state index in [1.54, 1.807) is 11.3 Å². The molecule has 2 aromatic rings. The van der Waals surface area contributed by atoms with Crippen molar-refractivity contribution in [3.63, 3.8) is 0 Å². The predicted octanol–water partition coefficient (Wildman–Crippen LogP) is 4.12. The lowest BCUT2D eigenvalue weighted by molar-refractivity contribution is 1.84. The molecule has 0 nitrogen and oxygen atoms in total. The molecule has 0 aliphatic rings. The fourth-order valence-corrected chi connectivity index (χ4v) is 2.65. The first-order valence-corrected chi connectivity index (χ1v) is 5.01. The molecule has 3 heteroatoms. The van der Waals surface area contributed by atoms with E-state index in [1.165, 1.54) is 4.70 Å². The second kappa shape index (κ2) is 2.77. The number of fused-ring (bicyclic) bond motifs is 1. The first kappa shape index (κ1) is 7.59. The molecule has 55 valence electrons. The van der Waals surface area contributed by atoms with Gasteiger partial charge in [0.1, 0.15) is 0 Å². The Morgan fingerprint density at radius 1 is 1.45 bits per heavy atom. The molecule has 0 amide bonds. The van der Waals surface area contributed by atoms with Crippen LogP contribution in [0.4, 0.5) is 0 Å². The second-order valence-electron chi connectivity index (χ2n) is 2.14. The smallest absolute Gasteiger partial charge is 0.0790 e. The van der Waals surface area contributed by atoms with E-state index in [0.29, 0.717) is 0 Å². The summed E-state index contributed by atoms with van der Waals surface area (Å²) in [5.74, 6) is 0. The van der Waals surface area contributed by atoms with Crippen LogP contribution < -0.4 is 0 Å². The zero-order valence-electron chi connectivity index (χ0n) is 5.40. The fraction of sp³-hybridized carbons (Fsp3) is 0. The number of hydrogen-bond donors (Lipinski definition) is 0. The van der Waals surface area contributed by atoms with Crippen LogP contribution in [0.15, 0.2) is 22.0 Å². The van der Waals surface area contributed by atoms with E-state index in [9.17, 15) is 0 Å². The summed E-state index contributed by atoms with van der Waals surface area (Å²) in [6.07, 6.45) is 0. The summed E-state index contributed by atoms with van der Waals surface area (Å²) in [7, 11) is 0. The Kier molecular flexibility index (Phi) is 1.91. The van der Waals surface area contributed by atoms with Gasteiger partial charge in [0.25, 0.3) is 0 Å². The summed E-state index contributed by atoms with van der Waals surface area (Å²) in [4.78, 5) is 0. The van der Waals surface area contributed by atoms with Gasteiger partial charge in [-0.05, 0) is 28.1 Å². The summed E-state index contributed by atoms with van der Waals surface area (Å²) in [6.45, 7) is 0. The van der Waals surface area contributed by atoms with Crippen LogP contribution in [0, 0.1) is 6.07 Å². The Balaban J connectivity index is 2.82. The molecule has 0 fully saturated rings. The third-order valence-corrected chi connectivity index (χ3v) is 3.13. The lowest BCUT2D eigenvalue weighted by atomic mass is 10.3. The van der Waals surface area contributed by atoms with E-state index in [1.807, 2.05) is 18.2 Å². The maximum absolute atomic E-state index is 5.81. The van der Waals surface area contributed by atoms with Crippen molar-refractivity contribution in [2.45, 2.75) is 0 Å². The minimum Gasteiger partial charge on any atom is -0.127 e. The molecule has 1 radical (unpaired) electrons. The average Bonchev–Trinajstić information content (AvgIpc) is 2.27. The highest BCUT2D eigenvalue weighted by molar-refractivity contribution is 9.11. The van der Waals surface area contributed by atoms with Crippen molar-refractivity contribution >= 4 is 49.0 Å². The van der Waals surface area contributed by atoms with Crippen molar-refractivity contribution in [2.24, 2.45) is 0 Å². The summed E-state index contributed by atoms with van der Waals surface area (Å²) in [5.41, 5.74) is 0. The topological polar surface area (TPSA) is 0 Å². The summed E-state index contributed by atoms with van der Waals surface area (Å²) in [5, 5.41) is 1.89. The summed E-state index contributed by atoms with van der Waals surface area (Å²) >= 11 is 10.8. The lowest BCUT2D eigenvalue weighted by Gasteiger charge is -1.87. The van der Waals surface area contributed by atoms with Gasteiger partial charge in [0, 0.05) is 21.2 Å². The molecule has 0 unspecified atom stereocenters. The molecule has 2 rings (SSSR count). The Morgan fingerprint density at radius 3 is 3.09 bits per heavy atom.